The molecule has 0 spiro atoms. The van der Waals surface area contributed by atoms with Crippen LogP contribution in [-0.4, -0.2) is 19.0 Å². The molecule has 1 atom stereocenters. The third-order valence-electron chi connectivity index (χ3n) is 1.77. The summed E-state index contributed by atoms with van der Waals surface area (Å²) in [5, 5.41) is 0. The predicted octanol–water partition coefficient (Wildman–Crippen LogP) is 2.40. The molecule has 0 aromatic heterocycles. The van der Waals surface area contributed by atoms with Gasteiger partial charge in [0.25, 0.3) is 0 Å². The minimum Gasteiger partial charge on any atom is -0.465 e. The van der Waals surface area contributed by atoms with Gasteiger partial charge in [-0.05, 0) is 13.8 Å². The van der Waals surface area contributed by atoms with Crippen LogP contribution in [-0.2, 0) is 9.53 Å². The number of esters is 1. The second-order valence-corrected chi connectivity index (χ2v) is 2.94. The van der Waals surface area contributed by atoms with Gasteiger partial charge in [-0.1, -0.05) is 6.08 Å². The summed E-state index contributed by atoms with van der Waals surface area (Å²) in [6.45, 7) is 6.56. The Labute approximate surface area is 76.6 Å². The lowest BCUT2D eigenvalue weighted by Crippen LogP contribution is -2.29. The fourth-order valence-electron chi connectivity index (χ4n) is 0.867. The first-order valence-electron chi connectivity index (χ1n) is 4.05. The van der Waals surface area contributed by atoms with E-state index in [1.807, 2.05) is 0 Å². The highest BCUT2D eigenvalue weighted by Gasteiger charge is 2.34. The molecule has 2 nitrogen and oxygen atoms in total. The van der Waals surface area contributed by atoms with Gasteiger partial charge in [-0.2, -0.15) is 0 Å². The Balaban J connectivity index is 4.42. The molecule has 1 unspecified atom stereocenters. The zero-order chi connectivity index (χ0) is 10.5. The van der Waals surface area contributed by atoms with Gasteiger partial charge in [-0.25, -0.2) is 8.78 Å². The highest BCUT2D eigenvalue weighted by atomic mass is 19.3. The molecule has 13 heavy (non-hydrogen) atoms. The molecule has 0 bridgehead atoms. The third kappa shape index (κ3) is 3.53. The monoisotopic (exact) mass is 192 g/mol. The van der Waals surface area contributed by atoms with Crippen LogP contribution in [0.3, 0.4) is 0 Å². The third-order valence-corrected chi connectivity index (χ3v) is 1.77. The lowest BCUT2D eigenvalue weighted by molar-refractivity contribution is -0.153. The van der Waals surface area contributed by atoms with Crippen molar-refractivity contribution in [1.82, 2.24) is 0 Å². The van der Waals surface area contributed by atoms with Gasteiger partial charge >= 0.3 is 5.97 Å². The predicted molar refractivity (Wildman–Crippen MR) is 45.6 cm³/mol. The SMILES string of the molecule is C=CC(C)(CC(F)F)C(=O)OCC. The number of hydrogen-bond donors (Lipinski definition) is 0. The Kier molecular flexibility index (Phi) is 4.59. The van der Waals surface area contributed by atoms with Crippen molar-refractivity contribution >= 4 is 5.97 Å². The normalized spacial score (nSPS) is 15.2. The van der Waals surface area contributed by atoms with Crippen LogP contribution in [0.25, 0.3) is 0 Å². The van der Waals surface area contributed by atoms with E-state index < -0.39 is 24.2 Å². The van der Waals surface area contributed by atoms with Gasteiger partial charge in [-0.3, -0.25) is 4.79 Å². The van der Waals surface area contributed by atoms with E-state index in [1.54, 1.807) is 6.92 Å². The summed E-state index contributed by atoms with van der Waals surface area (Å²) < 4.78 is 28.8. The van der Waals surface area contributed by atoms with E-state index in [0.29, 0.717) is 0 Å². The zero-order valence-electron chi connectivity index (χ0n) is 7.85. The molecule has 0 saturated carbocycles. The molecule has 0 aliphatic carbocycles. The molecule has 0 aromatic rings. The average molecular weight is 192 g/mol. The van der Waals surface area contributed by atoms with Crippen molar-refractivity contribution in [2.45, 2.75) is 26.7 Å². The molecule has 76 valence electrons. The highest BCUT2D eigenvalue weighted by molar-refractivity contribution is 5.78. The average Bonchev–Trinajstić information content (AvgIpc) is 2.03. The van der Waals surface area contributed by atoms with Crippen molar-refractivity contribution in [3.05, 3.63) is 12.7 Å². The van der Waals surface area contributed by atoms with Crippen molar-refractivity contribution in [1.29, 1.82) is 0 Å². The minimum absolute atomic E-state index is 0.186. The lowest BCUT2D eigenvalue weighted by atomic mass is 9.87. The topological polar surface area (TPSA) is 26.3 Å². The minimum atomic E-state index is -2.53. The molecule has 0 N–H and O–H groups in total. The van der Waals surface area contributed by atoms with Gasteiger partial charge in [0.2, 0.25) is 6.43 Å². The van der Waals surface area contributed by atoms with Crippen LogP contribution in [0.15, 0.2) is 12.7 Å². The fraction of sp³-hybridized carbons (Fsp3) is 0.667. The summed E-state index contributed by atoms with van der Waals surface area (Å²) in [6, 6.07) is 0. The molecule has 0 rings (SSSR count). The number of hydrogen-bond acceptors (Lipinski definition) is 2. The van der Waals surface area contributed by atoms with E-state index in [9.17, 15) is 13.6 Å². The molecule has 0 aliphatic rings. The maximum atomic E-state index is 12.1. The van der Waals surface area contributed by atoms with Gasteiger partial charge in [-0.15, -0.1) is 6.58 Å². The first-order chi connectivity index (χ1) is 5.96. The number of ether oxygens (including phenoxy) is 1. The van der Waals surface area contributed by atoms with E-state index >= 15 is 0 Å². The van der Waals surface area contributed by atoms with E-state index in [4.69, 9.17) is 0 Å². The van der Waals surface area contributed by atoms with Crippen molar-refractivity contribution in [3.8, 4) is 0 Å². The molecular formula is C9H14F2O2. The van der Waals surface area contributed by atoms with Crippen LogP contribution in [0.2, 0.25) is 0 Å². The number of carbonyl (C=O) groups is 1. The van der Waals surface area contributed by atoms with E-state index in [1.165, 1.54) is 13.0 Å². The van der Waals surface area contributed by atoms with Gasteiger partial charge in [0.1, 0.15) is 0 Å². The van der Waals surface area contributed by atoms with Crippen molar-refractivity contribution in [3.63, 3.8) is 0 Å². The number of carbonyl (C=O) groups excluding carboxylic acids is 1. The van der Waals surface area contributed by atoms with Crippen molar-refractivity contribution in [2.24, 2.45) is 5.41 Å². The second-order valence-electron chi connectivity index (χ2n) is 2.94. The summed E-state index contributed by atoms with van der Waals surface area (Å²) in [4.78, 5) is 11.2. The molecule has 0 aliphatic heterocycles. The molecule has 0 saturated heterocycles. The smallest absolute Gasteiger partial charge is 0.315 e. The second kappa shape index (κ2) is 4.94. The van der Waals surface area contributed by atoms with Crippen molar-refractivity contribution in [2.75, 3.05) is 6.61 Å². The molecule has 0 heterocycles. The van der Waals surface area contributed by atoms with E-state index in [0.717, 1.165) is 0 Å². The summed E-state index contributed by atoms with van der Waals surface area (Å²) in [5.41, 5.74) is -1.27. The van der Waals surface area contributed by atoms with Crippen LogP contribution in [0.5, 0.6) is 0 Å². The first kappa shape index (κ1) is 12.1. The largest absolute Gasteiger partial charge is 0.465 e. The molecular weight excluding hydrogens is 178 g/mol. The molecule has 0 aromatic carbocycles. The summed E-state index contributed by atoms with van der Waals surface area (Å²) >= 11 is 0. The van der Waals surface area contributed by atoms with Gasteiger partial charge < -0.3 is 4.74 Å². The van der Waals surface area contributed by atoms with Crippen molar-refractivity contribution < 1.29 is 18.3 Å². The van der Waals surface area contributed by atoms with E-state index in [2.05, 4.69) is 11.3 Å². The zero-order valence-corrected chi connectivity index (χ0v) is 7.85. The number of rotatable bonds is 5. The Morgan fingerprint density at radius 3 is 2.54 bits per heavy atom. The highest BCUT2D eigenvalue weighted by Crippen LogP contribution is 2.28. The molecule has 0 amide bonds. The Morgan fingerprint density at radius 1 is 1.69 bits per heavy atom. The van der Waals surface area contributed by atoms with Crippen LogP contribution in [0.1, 0.15) is 20.3 Å². The van der Waals surface area contributed by atoms with E-state index in [-0.39, 0.29) is 6.61 Å². The van der Waals surface area contributed by atoms with Gasteiger partial charge in [0.05, 0.1) is 12.0 Å². The Bertz CT molecular complexity index is 192. The van der Waals surface area contributed by atoms with Gasteiger partial charge in [0.15, 0.2) is 0 Å². The molecule has 4 heteroatoms. The first-order valence-corrected chi connectivity index (χ1v) is 4.05. The molecule has 0 radical (unpaired) electrons. The van der Waals surface area contributed by atoms with Gasteiger partial charge in [0, 0.05) is 6.42 Å². The molecule has 0 fully saturated rings. The lowest BCUT2D eigenvalue weighted by Gasteiger charge is -2.22. The Hall–Kier alpha value is -0.930. The standard InChI is InChI=1S/C9H14F2O2/c1-4-9(3,6-7(10)11)8(12)13-5-2/h4,7H,1,5-6H2,2-3H3. The Morgan fingerprint density at radius 2 is 2.23 bits per heavy atom. The summed E-state index contributed by atoms with van der Waals surface area (Å²) in [7, 11) is 0. The van der Waals surface area contributed by atoms with Crippen LogP contribution < -0.4 is 0 Å². The summed E-state index contributed by atoms with van der Waals surface area (Å²) in [5.74, 6) is -0.648. The van der Waals surface area contributed by atoms with Crippen LogP contribution in [0, 0.1) is 5.41 Å². The quantitative estimate of drug-likeness (QED) is 0.494. The maximum Gasteiger partial charge on any atom is 0.315 e. The van der Waals surface area contributed by atoms with Crippen LogP contribution in [0.4, 0.5) is 8.78 Å². The number of alkyl halides is 2. The van der Waals surface area contributed by atoms with Crippen LogP contribution >= 0.6 is 0 Å². The fourth-order valence-corrected chi connectivity index (χ4v) is 0.867. The maximum absolute atomic E-state index is 12.1. The number of halogens is 2. The summed E-state index contributed by atoms with van der Waals surface area (Å²) in [6.07, 6.45) is -1.88.